The molecule has 1 heterocycles. The van der Waals surface area contributed by atoms with Crippen molar-refractivity contribution >= 4 is 9.84 Å². The predicted molar refractivity (Wildman–Crippen MR) is 73.0 cm³/mol. The molecule has 2 N–H and O–H groups in total. The summed E-state index contributed by atoms with van der Waals surface area (Å²) in [6.45, 7) is 0.0907. The van der Waals surface area contributed by atoms with E-state index in [4.69, 9.17) is 5.73 Å². The summed E-state index contributed by atoms with van der Waals surface area (Å²) in [6, 6.07) is 3.21. The molecule has 1 aromatic carbocycles. The second kappa shape index (κ2) is 5.75. The van der Waals surface area contributed by atoms with E-state index in [1.165, 1.54) is 12.1 Å². The summed E-state index contributed by atoms with van der Waals surface area (Å²) < 4.78 is 50.2. The highest BCUT2D eigenvalue weighted by atomic mass is 32.2. The summed E-state index contributed by atoms with van der Waals surface area (Å²) in [5, 5.41) is 0. The van der Waals surface area contributed by atoms with Gasteiger partial charge in [-0.15, -0.1) is 0 Å². The number of nitrogens with zero attached hydrogens (tertiary/aromatic N) is 1. The Labute approximate surface area is 117 Å². The number of hydrogen-bond acceptors (Lipinski definition) is 4. The Balaban J connectivity index is 2.26. The van der Waals surface area contributed by atoms with E-state index in [1.54, 1.807) is 11.9 Å². The molecular formula is C13H18F2N2O2S. The number of halogens is 2. The molecule has 112 valence electrons. The highest BCUT2D eigenvalue weighted by molar-refractivity contribution is 7.91. The van der Waals surface area contributed by atoms with Crippen molar-refractivity contribution in [3.63, 3.8) is 0 Å². The smallest absolute Gasteiger partial charge is 0.163 e. The summed E-state index contributed by atoms with van der Waals surface area (Å²) in [6.07, 6.45) is 0.492. The van der Waals surface area contributed by atoms with Crippen molar-refractivity contribution < 1.29 is 17.2 Å². The fraction of sp³-hybridized carbons (Fsp3) is 0.538. The summed E-state index contributed by atoms with van der Waals surface area (Å²) in [4.78, 5) is 1.74. The predicted octanol–water partition coefficient (Wildman–Crippen LogP) is 1.08. The fourth-order valence-corrected chi connectivity index (χ4v) is 4.43. The molecule has 0 aliphatic carbocycles. The van der Waals surface area contributed by atoms with Crippen molar-refractivity contribution in [1.29, 1.82) is 0 Å². The molecule has 7 heteroatoms. The first-order chi connectivity index (χ1) is 9.35. The minimum Gasteiger partial charge on any atom is -0.329 e. The SMILES string of the molecule is CN(C1CCS(=O)(=O)C1)C(CN)c1cccc(F)c1F. The fourth-order valence-electron chi connectivity index (χ4n) is 2.64. The van der Waals surface area contributed by atoms with Crippen LogP contribution < -0.4 is 5.73 Å². The lowest BCUT2D eigenvalue weighted by atomic mass is 10.0. The van der Waals surface area contributed by atoms with Crippen LogP contribution in [0, 0.1) is 11.6 Å². The van der Waals surface area contributed by atoms with Gasteiger partial charge in [-0.3, -0.25) is 4.90 Å². The molecule has 0 radical (unpaired) electrons. The number of nitrogens with two attached hydrogens (primary N) is 1. The quantitative estimate of drug-likeness (QED) is 0.904. The lowest BCUT2D eigenvalue weighted by Gasteiger charge is -2.32. The van der Waals surface area contributed by atoms with Gasteiger partial charge in [0.1, 0.15) is 0 Å². The van der Waals surface area contributed by atoms with Crippen LogP contribution in [-0.4, -0.2) is 44.5 Å². The number of hydrogen-bond donors (Lipinski definition) is 1. The van der Waals surface area contributed by atoms with Crippen molar-refractivity contribution in [2.45, 2.75) is 18.5 Å². The molecular weight excluding hydrogens is 286 g/mol. The van der Waals surface area contributed by atoms with E-state index in [0.717, 1.165) is 6.07 Å². The minimum absolute atomic E-state index is 0.0386. The molecule has 0 aromatic heterocycles. The molecule has 2 unspecified atom stereocenters. The van der Waals surface area contributed by atoms with Gasteiger partial charge in [0.2, 0.25) is 0 Å². The molecule has 0 spiro atoms. The van der Waals surface area contributed by atoms with Crippen molar-refractivity contribution in [3.8, 4) is 0 Å². The number of sulfone groups is 1. The maximum atomic E-state index is 13.9. The van der Waals surface area contributed by atoms with E-state index in [-0.39, 0.29) is 29.7 Å². The van der Waals surface area contributed by atoms with E-state index in [1.807, 2.05) is 0 Å². The molecule has 0 bridgehead atoms. The Morgan fingerprint density at radius 3 is 2.70 bits per heavy atom. The van der Waals surface area contributed by atoms with Gasteiger partial charge in [0.25, 0.3) is 0 Å². The molecule has 1 aromatic rings. The van der Waals surface area contributed by atoms with Crippen molar-refractivity contribution in [3.05, 3.63) is 35.4 Å². The Hall–Kier alpha value is -1.05. The largest absolute Gasteiger partial charge is 0.329 e. The summed E-state index contributed by atoms with van der Waals surface area (Å²) >= 11 is 0. The summed E-state index contributed by atoms with van der Waals surface area (Å²) in [5.74, 6) is -1.67. The van der Waals surface area contributed by atoms with Gasteiger partial charge in [0, 0.05) is 18.2 Å². The van der Waals surface area contributed by atoms with Crippen molar-refractivity contribution in [2.75, 3.05) is 25.1 Å². The lowest BCUT2D eigenvalue weighted by molar-refractivity contribution is 0.188. The standard InChI is InChI=1S/C13H18F2N2O2S/c1-17(9-5-6-20(18,19)8-9)12(7-16)10-3-2-4-11(14)13(10)15/h2-4,9,12H,5-8,16H2,1H3. The Morgan fingerprint density at radius 1 is 1.45 bits per heavy atom. The van der Waals surface area contributed by atoms with Crippen LogP contribution in [0.15, 0.2) is 18.2 Å². The van der Waals surface area contributed by atoms with Gasteiger partial charge < -0.3 is 5.73 Å². The van der Waals surface area contributed by atoms with Gasteiger partial charge >= 0.3 is 0 Å². The highest BCUT2D eigenvalue weighted by Gasteiger charge is 2.34. The van der Waals surface area contributed by atoms with E-state index in [2.05, 4.69) is 0 Å². The van der Waals surface area contributed by atoms with E-state index >= 15 is 0 Å². The first-order valence-electron chi connectivity index (χ1n) is 6.42. The van der Waals surface area contributed by atoms with Gasteiger partial charge in [-0.05, 0) is 19.5 Å². The van der Waals surface area contributed by atoms with Crippen LogP contribution in [0.1, 0.15) is 18.0 Å². The van der Waals surface area contributed by atoms with Crippen LogP contribution in [0.3, 0.4) is 0 Å². The third-order valence-corrected chi connectivity index (χ3v) is 5.59. The van der Waals surface area contributed by atoms with E-state index in [0.29, 0.717) is 6.42 Å². The van der Waals surface area contributed by atoms with E-state index in [9.17, 15) is 17.2 Å². The first kappa shape index (κ1) is 15.3. The first-order valence-corrected chi connectivity index (χ1v) is 8.24. The number of likely N-dealkylation sites (N-methyl/N-ethyl adjacent to an activating group) is 1. The summed E-state index contributed by atoms with van der Waals surface area (Å²) in [5.41, 5.74) is 5.85. The molecule has 0 amide bonds. The molecule has 1 aliphatic heterocycles. The Kier molecular flexibility index (Phi) is 4.41. The van der Waals surface area contributed by atoms with Crippen LogP contribution in [0.25, 0.3) is 0 Å². The highest BCUT2D eigenvalue weighted by Crippen LogP contribution is 2.28. The monoisotopic (exact) mass is 304 g/mol. The summed E-state index contributed by atoms with van der Waals surface area (Å²) in [7, 11) is -1.33. The zero-order chi connectivity index (χ0) is 14.9. The van der Waals surface area contributed by atoms with Gasteiger partial charge in [-0.25, -0.2) is 17.2 Å². The third kappa shape index (κ3) is 2.99. The topological polar surface area (TPSA) is 63.4 Å². The molecule has 2 rings (SSSR count). The van der Waals surface area contributed by atoms with Gasteiger partial charge in [-0.2, -0.15) is 0 Å². The minimum atomic E-state index is -3.03. The number of rotatable bonds is 4. The molecule has 20 heavy (non-hydrogen) atoms. The molecule has 4 nitrogen and oxygen atoms in total. The Morgan fingerprint density at radius 2 is 2.15 bits per heavy atom. The normalized spacial score (nSPS) is 23.1. The molecule has 2 atom stereocenters. The Bertz CT molecular complexity index is 592. The maximum Gasteiger partial charge on any atom is 0.163 e. The van der Waals surface area contributed by atoms with Gasteiger partial charge in [0.15, 0.2) is 21.5 Å². The lowest BCUT2D eigenvalue weighted by Crippen LogP contribution is -2.39. The second-order valence-electron chi connectivity index (χ2n) is 5.12. The van der Waals surface area contributed by atoms with Crippen LogP contribution in [0.5, 0.6) is 0 Å². The maximum absolute atomic E-state index is 13.9. The van der Waals surface area contributed by atoms with Crippen LogP contribution in [0.2, 0.25) is 0 Å². The third-order valence-electron chi connectivity index (χ3n) is 3.84. The zero-order valence-electron chi connectivity index (χ0n) is 11.2. The average molecular weight is 304 g/mol. The second-order valence-corrected chi connectivity index (χ2v) is 7.35. The van der Waals surface area contributed by atoms with E-state index < -0.39 is 27.5 Å². The van der Waals surface area contributed by atoms with Crippen molar-refractivity contribution in [2.24, 2.45) is 5.73 Å². The van der Waals surface area contributed by atoms with Crippen LogP contribution in [-0.2, 0) is 9.84 Å². The van der Waals surface area contributed by atoms with Crippen LogP contribution >= 0.6 is 0 Å². The number of benzene rings is 1. The molecule has 0 saturated carbocycles. The molecule has 1 fully saturated rings. The molecule has 1 aliphatic rings. The van der Waals surface area contributed by atoms with Gasteiger partial charge in [0.05, 0.1) is 17.5 Å². The molecule has 1 saturated heterocycles. The van der Waals surface area contributed by atoms with Gasteiger partial charge in [-0.1, -0.05) is 12.1 Å². The average Bonchev–Trinajstić information content (AvgIpc) is 2.75. The van der Waals surface area contributed by atoms with Crippen LogP contribution in [0.4, 0.5) is 8.78 Å². The zero-order valence-corrected chi connectivity index (χ0v) is 12.0. The van der Waals surface area contributed by atoms with Crippen molar-refractivity contribution in [1.82, 2.24) is 4.90 Å².